The van der Waals surface area contributed by atoms with Crippen molar-refractivity contribution in [2.75, 3.05) is 24.3 Å². The number of carbonyl (C=O) groups excluding carboxylic acids is 1. The van der Waals surface area contributed by atoms with Gasteiger partial charge in [0.25, 0.3) is 0 Å². The molecule has 0 atom stereocenters. The summed E-state index contributed by atoms with van der Waals surface area (Å²) in [5, 5.41) is 6.85. The molecule has 0 unspecified atom stereocenters. The van der Waals surface area contributed by atoms with Crippen LogP contribution >= 0.6 is 11.6 Å². The first-order valence-corrected chi connectivity index (χ1v) is 8.77. The summed E-state index contributed by atoms with van der Waals surface area (Å²) < 4.78 is 5.28. The van der Waals surface area contributed by atoms with Crippen molar-refractivity contribution in [3.8, 4) is 5.75 Å². The number of amides is 1. The van der Waals surface area contributed by atoms with Crippen molar-refractivity contribution in [2.45, 2.75) is 33.1 Å². The van der Waals surface area contributed by atoms with E-state index in [1.165, 1.54) is 5.56 Å². The van der Waals surface area contributed by atoms with Crippen LogP contribution in [-0.4, -0.2) is 19.6 Å². The number of benzene rings is 2. The van der Waals surface area contributed by atoms with Crippen molar-refractivity contribution in [2.24, 2.45) is 0 Å². The fourth-order valence-corrected chi connectivity index (χ4v) is 2.77. The minimum atomic E-state index is -0.0745. The van der Waals surface area contributed by atoms with Gasteiger partial charge in [-0.15, -0.1) is 0 Å². The molecular formula is C20H25ClN2O2. The van der Waals surface area contributed by atoms with Crippen molar-refractivity contribution in [1.82, 2.24) is 0 Å². The summed E-state index contributed by atoms with van der Waals surface area (Å²) in [5.74, 6) is 0.912. The molecule has 2 N–H and O–H groups in total. The number of halogens is 1. The molecule has 25 heavy (non-hydrogen) atoms. The van der Waals surface area contributed by atoms with E-state index in [4.69, 9.17) is 16.3 Å². The number of nitrogens with one attached hydrogen (secondary N) is 2. The maximum atomic E-state index is 12.2. The van der Waals surface area contributed by atoms with Crippen molar-refractivity contribution in [3.63, 3.8) is 0 Å². The van der Waals surface area contributed by atoms with Crippen LogP contribution in [0.4, 0.5) is 11.4 Å². The molecule has 0 aliphatic rings. The minimum Gasteiger partial charge on any atom is -0.495 e. The number of aryl methyl sites for hydroxylation is 1. The van der Waals surface area contributed by atoms with Crippen molar-refractivity contribution in [1.29, 1.82) is 0 Å². The number of anilines is 2. The largest absolute Gasteiger partial charge is 0.495 e. The number of ether oxygens (including phenoxy) is 1. The zero-order chi connectivity index (χ0) is 18.4. The highest BCUT2D eigenvalue weighted by Gasteiger charge is 2.11. The molecule has 0 aliphatic carbocycles. The van der Waals surface area contributed by atoms with Crippen LogP contribution in [-0.2, 0) is 4.79 Å². The second kappa shape index (κ2) is 8.77. The molecule has 5 heteroatoms. The molecule has 0 saturated heterocycles. The average Bonchev–Trinajstić information content (AvgIpc) is 2.58. The van der Waals surface area contributed by atoms with Gasteiger partial charge in [-0.3, -0.25) is 4.79 Å². The molecule has 0 spiro atoms. The molecule has 134 valence electrons. The topological polar surface area (TPSA) is 50.4 Å². The number of hydrogen-bond donors (Lipinski definition) is 2. The van der Waals surface area contributed by atoms with Crippen LogP contribution in [0.2, 0.25) is 5.02 Å². The summed E-state index contributed by atoms with van der Waals surface area (Å²) in [4.78, 5) is 12.2. The van der Waals surface area contributed by atoms with Gasteiger partial charge in [-0.1, -0.05) is 43.6 Å². The molecule has 4 nitrogen and oxygen atoms in total. The lowest BCUT2D eigenvalue weighted by molar-refractivity contribution is -0.116. The van der Waals surface area contributed by atoms with E-state index in [2.05, 4.69) is 30.5 Å². The maximum Gasteiger partial charge on any atom is 0.226 e. The highest BCUT2D eigenvalue weighted by Crippen LogP contribution is 2.31. The number of carbonyl (C=O) groups is 1. The Morgan fingerprint density at radius 3 is 2.60 bits per heavy atom. The molecule has 0 fully saturated rings. The molecular weight excluding hydrogens is 336 g/mol. The Morgan fingerprint density at radius 2 is 1.92 bits per heavy atom. The fourth-order valence-electron chi connectivity index (χ4n) is 2.61. The summed E-state index contributed by atoms with van der Waals surface area (Å²) in [6, 6.07) is 11.7. The smallest absolute Gasteiger partial charge is 0.226 e. The predicted molar refractivity (Wildman–Crippen MR) is 105 cm³/mol. The van der Waals surface area contributed by atoms with Crippen LogP contribution in [0, 0.1) is 6.92 Å². The Balaban J connectivity index is 1.95. The molecule has 0 heterocycles. The molecule has 0 aromatic heterocycles. The van der Waals surface area contributed by atoms with E-state index in [9.17, 15) is 4.79 Å². The SMILES string of the molecule is COc1cc(Cl)c(C)cc1NC(=O)CCNc1ccccc1C(C)C. The maximum absolute atomic E-state index is 12.2. The second-order valence-electron chi connectivity index (χ2n) is 6.27. The summed E-state index contributed by atoms with van der Waals surface area (Å²) >= 11 is 6.09. The number of hydrogen-bond acceptors (Lipinski definition) is 3. The lowest BCUT2D eigenvalue weighted by atomic mass is 10.0. The molecule has 0 bridgehead atoms. The Morgan fingerprint density at radius 1 is 1.20 bits per heavy atom. The van der Waals surface area contributed by atoms with Gasteiger partial charge < -0.3 is 15.4 Å². The second-order valence-corrected chi connectivity index (χ2v) is 6.68. The van der Waals surface area contributed by atoms with E-state index in [-0.39, 0.29) is 5.91 Å². The molecule has 0 aliphatic heterocycles. The average molecular weight is 361 g/mol. The van der Waals surface area contributed by atoms with Gasteiger partial charge in [-0.2, -0.15) is 0 Å². The van der Waals surface area contributed by atoms with Gasteiger partial charge in [-0.05, 0) is 36.1 Å². The molecule has 2 aromatic rings. The van der Waals surface area contributed by atoms with E-state index in [1.54, 1.807) is 13.2 Å². The fraction of sp³-hybridized carbons (Fsp3) is 0.350. The van der Waals surface area contributed by atoms with Gasteiger partial charge in [0, 0.05) is 29.7 Å². The summed E-state index contributed by atoms with van der Waals surface area (Å²) in [6.07, 6.45) is 0.358. The van der Waals surface area contributed by atoms with Gasteiger partial charge >= 0.3 is 0 Å². The lowest BCUT2D eigenvalue weighted by Gasteiger charge is -2.15. The van der Waals surface area contributed by atoms with Crippen LogP contribution in [0.15, 0.2) is 36.4 Å². The predicted octanol–water partition coefficient (Wildman–Crippen LogP) is 5.22. The zero-order valence-electron chi connectivity index (χ0n) is 15.2. The van der Waals surface area contributed by atoms with Gasteiger partial charge in [0.15, 0.2) is 0 Å². The van der Waals surface area contributed by atoms with Gasteiger partial charge in [-0.25, -0.2) is 0 Å². The Kier molecular flexibility index (Phi) is 6.71. The number of rotatable bonds is 7. The van der Waals surface area contributed by atoms with E-state index >= 15 is 0 Å². The molecule has 0 saturated carbocycles. The summed E-state index contributed by atoms with van der Waals surface area (Å²) in [6.45, 7) is 6.76. The van der Waals surface area contributed by atoms with E-state index in [1.807, 2.05) is 31.2 Å². The lowest BCUT2D eigenvalue weighted by Crippen LogP contribution is -2.17. The molecule has 2 rings (SSSR count). The van der Waals surface area contributed by atoms with Crippen LogP contribution in [0.5, 0.6) is 5.75 Å². The quantitative estimate of drug-likeness (QED) is 0.711. The Bertz CT molecular complexity index is 744. The third-order valence-electron chi connectivity index (χ3n) is 4.01. The third-order valence-corrected chi connectivity index (χ3v) is 4.41. The van der Waals surface area contributed by atoms with Gasteiger partial charge in [0.1, 0.15) is 5.75 Å². The number of methoxy groups -OCH3 is 1. The van der Waals surface area contributed by atoms with E-state index in [0.29, 0.717) is 35.3 Å². The van der Waals surface area contributed by atoms with Crippen LogP contribution in [0.3, 0.4) is 0 Å². The first-order valence-electron chi connectivity index (χ1n) is 8.39. The van der Waals surface area contributed by atoms with Crippen LogP contribution in [0.1, 0.15) is 37.3 Å². The Labute approximate surface area is 154 Å². The minimum absolute atomic E-state index is 0.0745. The zero-order valence-corrected chi connectivity index (χ0v) is 15.9. The van der Waals surface area contributed by atoms with Gasteiger partial charge in [0.05, 0.1) is 12.8 Å². The van der Waals surface area contributed by atoms with Crippen molar-refractivity contribution >= 4 is 28.9 Å². The van der Waals surface area contributed by atoms with Gasteiger partial charge in [0.2, 0.25) is 5.91 Å². The normalized spacial score (nSPS) is 10.6. The third kappa shape index (κ3) is 5.13. The highest BCUT2D eigenvalue weighted by atomic mass is 35.5. The standard InChI is InChI=1S/C20H25ClN2O2/c1-13(2)15-7-5-6-8-17(15)22-10-9-20(24)23-18-11-14(3)16(21)12-19(18)25-4/h5-8,11-13,22H,9-10H2,1-4H3,(H,23,24). The first kappa shape index (κ1) is 19.1. The summed E-state index contributed by atoms with van der Waals surface area (Å²) in [7, 11) is 1.56. The van der Waals surface area contributed by atoms with Crippen LogP contribution < -0.4 is 15.4 Å². The van der Waals surface area contributed by atoms with Crippen molar-refractivity contribution < 1.29 is 9.53 Å². The molecule has 0 radical (unpaired) electrons. The Hall–Kier alpha value is -2.20. The first-order chi connectivity index (χ1) is 11.9. The van der Waals surface area contributed by atoms with Crippen molar-refractivity contribution in [3.05, 3.63) is 52.5 Å². The number of para-hydroxylation sites is 1. The highest BCUT2D eigenvalue weighted by molar-refractivity contribution is 6.31. The van der Waals surface area contributed by atoms with E-state index < -0.39 is 0 Å². The monoisotopic (exact) mass is 360 g/mol. The van der Waals surface area contributed by atoms with E-state index in [0.717, 1.165) is 11.3 Å². The molecule has 2 aromatic carbocycles. The van der Waals surface area contributed by atoms with Crippen LogP contribution in [0.25, 0.3) is 0 Å². The summed E-state index contributed by atoms with van der Waals surface area (Å²) in [5.41, 5.74) is 3.85. The molecule has 1 amide bonds.